The minimum absolute atomic E-state index is 0.0333. The summed E-state index contributed by atoms with van der Waals surface area (Å²) in [6.07, 6.45) is 1.83. The number of amides is 2. The molecule has 7 heteroatoms. The highest BCUT2D eigenvalue weighted by molar-refractivity contribution is 7.09. The third kappa shape index (κ3) is 4.74. The van der Waals surface area contributed by atoms with Gasteiger partial charge in [-0.15, -0.1) is 11.3 Å². The molecule has 0 aliphatic carbocycles. The number of pyridine rings is 1. The zero-order valence-corrected chi connectivity index (χ0v) is 16.3. The molecule has 0 unspecified atom stereocenters. The van der Waals surface area contributed by atoms with Crippen LogP contribution in [0, 0.1) is 0 Å². The van der Waals surface area contributed by atoms with Crippen molar-refractivity contribution in [3.63, 3.8) is 0 Å². The quantitative estimate of drug-likeness (QED) is 0.846. The molecule has 140 valence electrons. The van der Waals surface area contributed by atoms with Gasteiger partial charge in [0.15, 0.2) is 0 Å². The Morgan fingerprint density at radius 1 is 1.27 bits per heavy atom. The maximum Gasteiger partial charge on any atom is 0.317 e. The number of nitrogens with one attached hydrogen (secondary N) is 1. The van der Waals surface area contributed by atoms with Gasteiger partial charge in [-0.2, -0.15) is 0 Å². The number of urea groups is 1. The predicted molar refractivity (Wildman–Crippen MR) is 107 cm³/mol. The number of rotatable bonds is 6. The van der Waals surface area contributed by atoms with Gasteiger partial charge >= 0.3 is 6.03 Å². The Kier molecular flexibility index (Phi) is 6.46. The van der Waals surface area contributed by atoms with Crippen molar-refractivity contribution in [2.75, 3.05) is 44.7 Å². The van der Waals surface area contributed by atoms with Crippen LogP contribution in [-0.4, -0.2) is 60.6 Å². The molecule has 1 N–H and O–H groups in total. The SMILES string of the molecule is CCN(Cc1cccs1)C(=O)NCc1cccnc1N1CCN(C)CC1. The summed E-state index contributed by atoms with van der Waals surface area (Å²) in [6, 6.07) is 8.03. The van der Waals surface area contributed by atoms with Gasteiger partial charge in [0, 0.05) is 55.9 Å². The fourth-order valence-corrected chi connectivity index (χ4v) is 3.79. The lowest BCUT2D eigenvalue weighted by atomic mass is 10.2. The van der Waals surface area contributed by atoms with E-state index in [1.165, 1.54) is 4.88 Å². The molecule has 2 aromatic heterocycles. The van der Waals surface area contributed by atoms with Crippen LogP contribution in [0.25, 0.3) is 0 Å². The van der Waals surface area contributed by atoms with Crippen LogP contribution < -0.4 is 10.2 Å². The molecule has 1 aliphatic rings. The van der Waals surface area contributed by atoms with Gasteiger partial charge in [0.25, 0.3) is 0 Å². The fraction of sp³-hybridized carbons (Fsp3) is 0.474. The van der Waals surface area contributed by atoms with E-state index in [2.05, 4.69) is 39.3 Å². The van der Waals surface area contributed by atoms with Gasteiger partial charge in [0.1, 0.15) is 5.82 Å². The van der Waals surface area contributed by atoms with Crippen molar-refractivity contribution in [2.24, 2.45) is 0 Å². The first-order valence-corrected chi connectivity index (χ1v) is 9.98. The number of nitrogens with zero attached hydrogens (tertiary/aromatic N) is 4. The topological polar surface area (TPSA) is 51.7 Å². The smallest absolute Gasteiger partial charge is 0.317 e. The van der Waals surface area contributed by atoms with Crippen LogP contribution in [-0.2, 0) is 13.1 Å². The number of carbonyl (C=O) groups is 1. The number of carbonyl (C=O) groups excluding carboxylic acids is 1. The molecule has 1 fully saturated rings. The van der Waals surface area contributed by atoms with E-state index < -0.39 is 0 Å². The van der Waals surface area contributed by atoms with Gasteiger partial charge in [0.05, 0.1) is 6.54 Å². The lowest BCUT2D eigenvalue weighted by molar-refractivity contribution is 0.198. The number of likely N-dealkylation sites (N-methyl/N-ethyl adjacent to an activating group) is 1. The molecule has 1 saturated heterocycles. The summed E-state index contributed by atoms with van der Waals surface area (Å²) in [5.41, 5.74) is 1.07. The third-order valence-electron chi connectivity index (χ3n) is 4.70. The van der Waals surface area contributed by atoms with E-state index in [0.29, 0.717) is 19.6 Å². The van der Waals surface area contributed by atoms with Gasteiger partial charge < -0.3 is 20.0 Å². The summed E-state index contributed by atoms with van der Waals surface area (Å²) in [6.45, 7) is 7.84. The molecule has 0 saturated carbocycles. The van der Waals surface area contributed by atoms with E-state index >= 15 is 0 Å². The summed E-state index contributed by atoms with van der Waals surface area (Å²) >= 11 is 1.68. The monoisotopic (exact) mass is 373 g/mol. The molecule has 1 aliphatic heterocycles. The van der Waals surface area contributed by atoms with E-state index in [1.54, 1.807) is 11.3 Å². The van der Waals surface area contributed by atoms with E-state index in [-0.39, 0.29) is 6.03 Å². The van der Waals surface area contributed by atoms with Crippen molar-refractivity contribution >= 4 is 23.2 Å². The zero-order valence-electron chi connectivity index (χ0n) is 15.5. The number of thiophene rings is 1. The van der Waals surface area contributed by atoms with E-state index in [0.717, 1.165) is 37.6 Å². The number of hydrogen-bond acceptors (Lipinski definition) is 5. The second kappa shape index (κ2) is 9.00. The highest BCUT2D eigenvalue weighted by Gasteiger charge is 2.19. The van der Waals surface area contributed by atoms with Crippen LogP contribution in [0.3, 0.4) is 0 Å². The van der Waals surface area contributed by atoms with Gasteiger partial charge in [-0.3, -0.25) is 0 Å². The Morgan fingerprint density at radius 2 is 2.08 bits per heavy atom. The summed E-state index contributed by atoms with van der Waals surface area (Å²) in [7, 11) is 2.14. The van der Waals surface area contributed by atoms with Crippen molar-refractivity contribution in [3.05, 3.63) is 46.3 Å². The molecule has 0 radical (unpaired) electrons. The van der Waals surface area contributed by atoms with Crippen LogP contribution in [0.2, 0.25) is 0 Å². The van der Waals surface area contributed by atoms with Crippen molar-refractivity contribution in [3.8, 4) is 0 Å². The minimum atomic E-state index is -0.0333. The number of hydrogen-bond donors (Lipinski definition) is 1. The van der Waals surface area contributed by atoms with E-state index in [4.69, 9.17) is 0 Å². The Balaban J connectivity index is 1.61. The molecule has 3 rings (SSSR count). The maximum atomic E-state index is 12.6. The second-order valence-corrected chi connectivity index (χ2v) is 7.56. The number of piperazine rings is 1. The van der Waals surface area contributed by atoms with Crippen molar-refractivity contribution < 1.29 is 4.79 Å². The molecule has 6 nitrogen and oxygen atoms in total. The first-order chi connectivity index (χ1) is 12.7. The van der Waals surface area contributed by atoms with Crippen LogP contribution in [0.15, 0.2) is 35.8 Å². The Hall–Kier alpha value is -2.12. The fourth-order valence-electron chi connectivity index (χ4n) is 3.07. The van der Waals surface area contributed by atoms with E-state index in [1.807, 2.05) is 35.5 Å². The zero-order chi connectivity index (χ0) is 18.4. The molecule has 0 aromatic carbocycles. The van der Waals surface area contributed by atoms with Crippen LogP contribution >= 0.6 is 11.3 Å². The largest absolute Gasteiger partial charge is 0.354 e. The van der Waals surface area contributed by atoms with Gasteiger partial charge in [-0.25, -0.2) is 9.78 Å². The highest BCUT2D eigenvalue weighted by atomic mass is 32.1. The first-order valence-electron chi connectivity index (χ1n) is 9.10. The first kappa shape index (κ1) is 18.7. The molecular formula is C19H27N5OS. The highest BCUT2D eigenvalue weighted by Crippen LogP contribution is 2.19. The van der Waals surface area contributed by atoms with Crippen molar-refractivity contribution in [1.82, 2.24) is 20.1 Å². The summed E-state index contributed by atoms with van der Waals surface area (Å²) in [5.74, 6) is 0.988. The molecule has 0 atom stereocenters. The number of anilines is 1. The molecule has 3 heterocycles. The standard InChI is InChI=1S/C19H27N5OS/c1-3-23(15-17-7-5-13-26-17)19(25)21-14-16-6-4-8-20-18(16)24-11-9-22(2)10-12-24/h4-8,13H,3,9-12,14-15H2,1-2H3,(H,21,25). The van der Waals surface area contributed by atoms with Crippen LogP contribution in [0.1, 0.15) is 17.4 Å². The molecule has 0 bridgehead atoms. The molecular weight excluding hydrogens is 346 g/mol. The van der Waals surface area contributed by atoms with Gasteiger partial charge in [0.2, 0.25) is 0 Å². The third-order valence-corrected chi connectivity index (χ3v) is 5.56. The Morgan fingerprint density at radius 3 is 2.77 bits per heavy atom. The molecule has 26 heavy (non-hydrogen) atoms. The number of aromatic nitrogens is 1. The Labute approximate surface area is 159 Å². The normalized spacial score (nSPS) is 15.1. The molecule has 2 amide bonds. The Bertz CT molecular complexity index is 698. The van der Waals surface area contributed by atoms with Crippen LogP contribution in [0.5, 0.6) is 0 Å². The van der Waals surface area contributed by atoms with E-state index in [9.17, 15) is 4.79 Å². The average Bonchev–Trinajstić information content (AvgIpc) is 3.18. The maximum absolute atomic E-state index is 12.6. The van der Waals surface area contributed by atoms with Crippen molar-refractivity contribution in [1.29, 1.82) is 0 Å². The lowest BCUT2D eigenvalue weighted by Crippen LogP contribution is -2.45. The van der Waals surface area contributed by atoms with Gasteiger partial charge in [-0.1, -0.05) is 12.1 Å². The van der Waals surface area contributed by atoms with Gasteiger partial charge in [-0.05, 0) is 31.5 Å². The average molecular weight is 374 g/mol. The van der Waals surface area contributed by atoms with Crippen molar-refractivity contribution in [2.45, 2.75) is 20.0 Å². The van der Waals surface area contributed by atoms with Crippen LogP contribution in [0.4, 0.5) is 10.6 Å². The lowest BCUT2D eigenvalue weighted by Gasteiger charge is -2.34. The second-order valence-electron chi connectivity index (χ2n) is 6.53. The summed E-state index contributed by atoms with van der Waals surface area (Å²) in [5, 5.41) is 5.11. The molecule has 2 aromatic rings. The summed E-state index contributed by atoms with van der Waals surface area (Å²) in [4.78, 5) is 24.8. The molecule has 0 spiro atoms. The summed E-state index contributed by atoms with van der Waals surface area (Å²) < 4.78 is 0. The predicted octanol–water partition coefficient (Wildman–Crippen LogP) is 2.63. The minimum Gasteiger partial charge on any atom is -0.354 e.